The number of halogens is 4. The molecule has 1 unspecified atom stereocenters. The number of nitrogens with one attached hydrogen (secondary N) is 4. The third-order valence-electron chi connectivity index (χ3n) is 12.8. The van der Waals surface area contributed by atoms with E-state index in [4.69, 9.17) is 0 Å². The van der Waals surface area contributed by atoms with Gasteiger partial charge >= 0.3 is 6.18 Å². The summed E-state index contributed by atoms with van der Waals surface area (Å²) in [5.74, 6) is -2.45. The Bertz CT molecular complexity index is 2530. The van der Waals surface area contributed by atoms with Gasteiger partial charge in [0.15, 0.2) is 0 Å². The van der Waals surface area contributed by atoms with Gasteiger partial charge in [-0.2, -0.15) is 13.2 Å². The van der Waals surface area contributed by atoms with Gasteiger partial charge in [-0.15, -0.1) is 11.3 Å². The number of aromatic nitrogens is 2. The maximum atomic E-state index is 16.4. The molecule has 0 aliphatic carbocycles. The largest absolute Gasteiger partial charge is 0.417 e. The summed E-state index contributed by atoms with van der Waals surface area (Å²) in [5.41, 5.74) is 5.27. The van der Waals surface area contributed by atoms with Crippen LogP contribution in [0.25, 0.3) is 16.0 Å². The number of alkyl halides is 3. The number of aryl methyl sites for hydroxylation is 1. The average Bonchev–Trinajstić information content (AvgIpc) is 3.88. The molecule has 5 heterocycles. The van der Waals surface area contributed by atoms with Crippen molar-refractivity contribution in [2.24, 2.45) is 5.41 Å². The molecule has 0 bridgehead atoms. The number of H-pyrrole nitrogens is 1. The number of hydrogen-bond acceptors (Lipinski definition) is 11. The van der Waals surface area contributed by atoms with E-state index in [-0.39, 0.29) is 61.2 Å². The Hall–Kier alpha value is -5.47. The number of thiazole rings is 1. The summed E-state index contributed by atoms with van der Waals surface area (Å²) in [4.78, 5) is 66.6. The van der Waals surface area contributed by atoms with Gasteiger partial charge in [0.2, 0.25) is 17.4 Å². The fourth-order valence-electron chi connectivity index (χ4n) is 8.82. The number of benzene rings is 2. The first kappa shape index (κ1) is 48.5. The maximum absolute atomic E-state index is 16.4. The predicted molar refractivity (Wildman–Crippen MR) is 246 cm³/mol. The molecular formula is C47H57F4N9O5S. The predicted octanol–water partition coefficient (Wildman–Crippen LogP) is 6.03. The van der Waals surface area contributed by atoms with Crippen LogP contribution in [0.2, 0.25) is 0 Å². The molecule has 19 heteroatoms. The summed E-state index contributed by atoms with van der Waals surface area (Å²) in [6, 6.07) is 9.24. The van der Waals surface area contributed by atoms with Crippen molar-refractivity contribution in [3.8, 4) is 10.4 Å². The van der Waals surface area contributed by atoms with Crippen molar-refractivity contribution in [3.63, 3.8) is 0 Å². The van der Waals surface area contributed by atoms with Crippen molar-refractivity contribution in [2.45, 2.75) is 97.4 Å². The molecule has 7 rings (SSSR count). The number of likely N-dealkylation sites (N-methyl/N-ethyl adjacent to an activating group) is 1. The number of aliphatic hydroxyl groups excluding tert-OH is 1. The van der Waals surface area contributed by atoms with Crippen LogP contribution in [0.1, 0.15) is 80.2 Å². The lowest BCUT2D eigenvalue weighted by molar-refractivity contribution is -0.144. The molecule has 2 aromatic heterocycles. The van der Waals surface area contributed by atoms with Gasteiger partial charge in [-0.05, 0) is 68.5 Å². The zero-order valence-corrected chi connectivity index (χ0v) is 38.9. The third-order valence-corrected chi connectivity index (χ3v) is 13.8. The number of carbonyl (C=O) groups is 3. The molecule has 0 saturated carbocycles. The zero-order valence-electron chi connectivity index (χ0n) is 38.1. The molecule has 0 spiro atoms. The van der Waals surface area contributed by atoms with Crippen molar-refractivity contribution in [1.29, 1.82) is 0 Å². The van der Waals surface area contributed by atoms with Gasteiger partial charge in [0.1, 0.15) is 17.9 Å². The Kier molecular flexibility index (Phi) is 14.2. The molecule has 3 aliphatic heterocycles. The number of hydrogen-bond donors (Lipinski definition) is 5. The second-order valence-corrected chi connectivity index (χ2v) is 19.5. The maximum Gasteiger partial charge on any atom is 0.417 e. The van der Waals surface area contributed by atoms with Crippen LogP contribution in [-0.4, -0.2) is 118 Å². The highest BCUT2D eigenvalue weighted by atomic mass is 32.1. The molecule has 4 aromatic rings. The highest BCUT2D eigenvalue weighted by Gasteiger charge is 2.45. The molecule has 5 atom stereocenters. The second kappa shape index (κ2) is 19.4. The molecule has 2 fully saturated rings. The molecular weight excluding hydrogens is 879 g/mol. The number of aliphatic hydroxyl groups is 1. The van der Waals surface area contributed by atoms with Gasteiger partial charge in [-0.1, -0.05) is 51.1 Å². The molecule has 2 aromatic carbocycles. The van der Waals surface area contributed by atoms with E-state index in [1.165, 1.54) is 17.0 Å². The van der Waals surface area contributed by atoms with Crippen molar-refractivity contribution < 1.29 is 37.1 Å². The first-order valence-corrected chi connectivity index (χ1v) is 22.8. The first-order chi connectivity index (χ1) is 31.1. The van der Waals surface area contributed by atoms with Crippen LogP contribution in [0.3, 0.4) is 0 Å². The van der Waals surface area contributed by atoms with Gasteiger partial charge in [-0.3, -0.25) is 24.1 Å². The minimum absolute atomic E-state index is 0.0159. The van der Waals surface area contributed by atoms with Gasteiger partial charge in [0, 0.05) is 75.6 Å². The summed E-state index contributed by atoms with van der Waals surface area (Å²) in [5, 5.41) is 18.1. The molecule has 354 valence electrons. The Morgan fingerprint density at radius 2 is 1.73 bits per heavy atom. The van der Waals surface area contributed by atoms with Crippen LogP contribution >= 0.6 is 11.3 Å². The van der Waals surface area contributed by atoms with Crippen LogP contribution in [-0.2, 0) is 22.3 Å². The zero-order chi connectivity index (χ0) is 47.8. The van der Waals surface area contributed by atoms with E-state index in [0.717, 1.165) is 27.9 Å². The number of hydrazine groups is 1. The third kappa shape index (κ3) is 10.7. The molecule has 0 radical (unpaired) electrons. The summed E-state index contributed by atoms with van der Waals surface area (Å²) in [6.07, 6.45) is -3.00. The fraction of sp³-hybridized carbons (Fsp3) is 0.468. The van der Waals surface area contributed by atoms with Crippen LogP contribution < -0.4 is 26.5 Å². The number of nitrogens with zero attached hydrogens (tertiary/aromatic N) is 5. The normalized spacial score (nSPS) is 21.4. The Morgan fingerprint density at radius 1 is 1.03 bits per heavy atom. The van der Waals surface area contributed by atoms with Crippen LogP contribution in [0, 0.1) is 18.2 Å². The number of likely N-dealkylation sites (tertiary alicyclic amines) is 1. The van der Waals surface area contributed by atoms with E-state index in [2.05, 4.69) is 30.9 Å². The van der Waals surface area contributed by atoms with Crippen molar-refractivity contribution in [2.75, 3.05) is 50.0 Å². The van der Waals surface area contributed by atoms with E-state index in [9.17, 15) is 37.5 Å². The lowest BCUT2D eigenvalue weighted by atomic mass is 9.86. The number of carbonyl (C=O) groups excluding carboxylic acids is 3. The monoisotopic (exact) mass is 935 g/mol. The molecule has 3 aliphatic rings. The lowest BCUT2D eigenvalue weighted by Crippen LogP contribution is -2.60. The van der Waals surface area contributed by atoms with E-state index < -0.39 is 58.2 Å². The van der Waals surface area contributed by atoms with Crippen molar-refractivity contribution >= 4 is 46.0 Å². The molecule has 3 amide bonds. The summed E-state index contributed by atoms with van der Waals surface area (Å²) >= 11 is 1.56. The topological polar surface area (TPSA) is 166 Å². The number of amides is 3. The van der Waals surface area contributed by atoms with E-state index in [1.54, 1.807) is 22.9 Å². The summed E-state index contributed by atoms with van der Waals surface area (Å²) in [7, 11) is 1.97. The molecule has 66 heavy (non-hydrogen) atoms. The number of β-amino-alcohol motifs (C(OH)–C–C–N with tert-alkyl or cyclic N) is 1. The van der Waals surface area contributed by atoms with Crippen LogP contribution in [0.15, 0.2) is 65.0 Å². The Balaban J connectivity index is 1.07. The molecule has 5 N–H and O–H groups in total. The minimum Gasteiger partial charge on any atom is -0.391 e. The average molecular weight is 936 g/mol. The molecule has 14 nitrogen and oxygen atoms in total. The SMILES string of the molecule is Cc1ncsc1-c1ccc(CNC(=O)[C@@H]2C[C@@H](O)CN2C(=O)[C@@H](NN2CC=C(c3cc(NC(=O)c4c[nH]c(=O)cc4C(F)(F)F)c(N4CC(C)N(C)[C@H](C)C4)cc3F)CC2)C(C)(C)C)cc1. The van der Waals surface area contributed by atoms with E-state index >= 15 is 4.39 Å². The number of piperazine rings is 1. The van der Waals surface area contributed by atoms with E-state index in [0.29, 0.717) is 43.4 Å². The second-order valence-electron chi connectivity index (χ2n) is 18.6. The fourth-order valence-corrected chi connectivity index (χ4v) is 9.63. The minimum atomic E-state index is -4.99. The lowest BCUT2D eigenvalue weighted by Gasteiger charge is -2.44. The van der Waals surface area contributed by atoms with E-state index in [1.807, 2.05) is 82.8 Å². The van der Waals surface area contributed by atoms with Crippen LogP contribution in [0.5, 0.6) is 0 Å². The number of pyridine rings is 1. The number of aromatic amines is 1. The highest BCUT2D eigenvalue weighted by molar-refractivity contribution is 7.13. The van der Waals surface area contributed by atoms with Crippen molar-refractivity contribution in [1.82, 2.24) is 35.5 Å². The highest BCUT2D eigenvalue weighted by Crippen LogP contribution is 2.38. The molecule has 2 saturated heterocycles. The van der Waals surface area contributed by atoms with Crippen LogP contribution in [0.4, 0.5) is 28.9 Å². The smallest absolute Gasteiger partial charge is 0.391 e. The van der Waals surface area contributed by atoms with Gasteiger partial charge < -0.3 is 30.5 Å². The Morgan fingerprint density at radius 3 is 2.33 bits per heavy atom. The number of anilines is 2. The number of rotatable bonds is 11. The summed E-state index contributed by atoms with van der Waals surface area (Å²) < 4.78 is 58.4. The standard InChI is InChI=1S/C47H57F4N9O5S/c1-26-22-58(23-27(2)57(26)7)38-19-36(48)33(17-37(38)55-43(63)34-21-52-40(62)18-35(34)47(49,50)51)30-12-14-59(15-13-30)56-42(46(4,5)6)45(65)60-24-32(61)16-39(60)44(64)53-20-29-8-10-31(11-9-29)41-28(3)54-25-66-41/h8-12,17-19,21,25-27,32,39,42,56,61H,13-16,20,22-24H2,1-7H3,(H,52,62)(H,53,64)(H,55,63)/t26-,27?,32-,39+,42-/m1/s1. The quantitative estimate of drug-likeness (QED) is 0.112. The van der Waals surface area contributed by atoms with Gasteiger partial charge in [0.05, 0.1) is 44.7 Å². The first-order valence-electron chi connectivity index (χ1n) is 22.0. The van der Waals surface area contributed by atoms with Crippen molar-refractivity contribution in [3.05, 3.63) is 104 Å². The Labute approximate surface area is 385 Å². The van der Waals surface area contributed by atoms with Gasteiger partial charge in [-0.25, -0.2) is 19.8 Å². The summed E-state index contributed by atoms with van der Waals surface area (Å²) in [6.45, 7) is 13.3. The van der Waals surface area contributed by atoms with Gasteiger partial charge in [0.25, 0.3) is 5.91 Å².